The molecular formula is C26H31ClN4O4. The van der Waals surface area contributed by atoms with Crippen LogP contribution in [0, 0.1) is 11.3 Å². The van der Waals surface area contributed by atoms with Crippen LogP contribution in [0.4, 0.5) is 10.5 Å². The van der Waals surface area contributed by atoms with Crippen molar-refractivity contribution in [3.8, 4) is 0 Å². The quantitative estimate of drug-likeness (QED) is 0.476. The Morgan fingerprint density at radius 3 is 2.57 bits per heavy atom. The summed E-state index contributed by atoms with van der Waals surface area (Å²) in [6.45, 7) is 4.67. The minimum absolute atomic E-state index is 0.0162. The van der Waals surface area contributed by atoms with E-state index in [1.54, 1.807) is 28.1 Å². The van der Waals surface area contributed by atoms with E-state index in [9.17, 15) is 14.4 Å². The van der Waals surface area contributed by atoms with E-state index in [2.05, 4.69) is 10.3 Å². The second-order valence-corrected chi connectivity index (χ2v) is 9.73. The van der Waals surface area contributed by atoms with Gasteiger partial charge in [0.25, 0.3) is 0 Å². The summed E-state index contributed by atoms with van der Waals surface area (Å²) in [4.78, 5) is 46.8. The molecule has 1 N–H and O–H groups in total. The molecule has 1 spiro atoms. The molecule has 186 valence electrons. The minimum Gasteiger partial charge on any atom is -0.467 e. The number of rotatable bonds is 6. The Labute approximate surface area is 210 Å². The number of ether oxygens (including phenoxy) is 1. The van der Waals surface area contributed by atoms with Gasteiger partial charge in [-0.15, -0.1) is 0 Å². The van der Waals surface area contributed by atoms with Crippen LogP contribution < -0.4 is 10.2 Å². The van der Waals surface area contributed by atoms with Gasteiger partial charge < -0.3 is 19.9 Å². The van der Waals surface area contributed by atoms with Crippen molar-refractivity contribution in [3.05, 3.63) is 59.4 Å². The fraction of sp³-hybridized carbons (Fsp3) is 0.462. The van der Waals surface area contributed by atoms with Crippen molar-refractivity contribution in [2.45, 2.75) is 45.2 Å². The van der Waals surface area contributed by atoms with Crippen LogP contribution in [0.1, 0.15) is 44.8 Å². The molecule has 0 aliphatic carbocycles. The predicted molar refractivity (Wildman–Crippen MR) is 133 cm³/mol. The molecule has 0 saturated carbocycles. The maximum atomic E-state index is 13.6. The molecule has 3 amide bonds. The monoisotopic (exact) mass is 498 g/mol. The molecule has 2 aliphatic heterocycles. The van der Waals surface area contributed by atoms with Gasteiger partial charge in [-0.2, -0.15) is 0 Å². The Bertz CT molecular complexity index is 1090. The molecule has 4 rings (SSSR count). The molecule has 0 radical (unpaired) electrons. The Kier molecular flexibility index (Phi) is 7.31. The van der Waals surface area contributed by atoms with Crippen molar-refractivity contribution in [1.82, 2.24) is 15.2 Å². The number of pyridine rings is 1. The Hall–Kier alpha value is -3.13. The van der Waals surface area contributed by atoms with Crippen molar-refractivity contribution in [3.63, 3.8) is 0 Å². The maximum absolute atomic E-state index is 13.6. The molecule has 2 aliphatic rings. The molecule has 2 fully saturated rings. The van der Waals surface area contributed by atoms with E-state index >= 15 is 0 Å². The molecule has 3 heterocycles. The van der Waals surface area contributed by atoms with Gasteiger partial charge in [-0.25, -0.2) is 9.59 Å². The van der Waals surface area contributed by atoms with Crippen LogP contribution >= 0.6 is 11.6 Å². The summed E-state index contributed by atoms with van der Waals surface area (Å²) in [5.41, 5.74) is 0.900. The number of aromatic nitrogens is 1. The summed E-state index contributed by atoms with van der Waals surface area (Å²) in [6, 6.07) is 11.7. The van der Waals surface area contributed by atoms with Crippen molar-refractivity contribution in [2.75, 3.05) is 25.1 Å². The fourth-order valence-electron chi connectivity index (χ4n) is 5.12. The van der Waals surface area contributed by atoms with E-state index in [1.807, 2.05) is 44.2 Å². The van der Waals surface area contributed by atoms with Gasteiger partial charge >= 0.3 is 12.0 Å². The topological polar surface area (TPSA) is 91.8 Å². The molecule has 35 heavy (non-hydrogen) atoms. The number of hydrogen-bond donors (Lipinski definition) is 1. The average Bonchev–Trinajstić information content (AvgIpc) is 2.89. The predicted octanol–water partition coefficient (Wildman–Crippen LogP) is 4.20. The lowest BCUT2D eigenvalue weighted by Gasteiger charge is -2.58. The molecule has 2 aromatic rings. The molecule has 2 saturated heterocycles. The van der Waals surface area contributed by atoms with E-state index in [1.165, 1.54) is 7.11 Å². The van der Waals surface area contributed by atoms with E-state index in [0.717, 1.165) is 17.8 Å². The lowest BCUT2D eigenvalue weighted by Crippen LogP contribution is -2.67. The lowest BCUT2D eigenvalue weighted by atomic mass is 9.63. The second-order valence-electron chi connectivity index (χ2n) is 9.29. The molecule has 1 aromatic heterocycles. The number of urea groups is 1. The number of halogens is 1. The third kappa shape index (κ3) is 4.59. The SMILES string of the molecule is CCC(C)C(NC(=O)N1CCC2(CC1)C(=O)N(c1cccc(Cl)c1)C2c1ccccn1)C(=O)OC. The first-order valence-electron chi connectivity index (χ1n) is 12.0. The summed E-state index contributed by atoms with van der Waals surface area (Å²) in [7, 11) is 1.32. The zero-order valence-electron chi connectivity index (χ0n) is 20.2. The highest BCUT2D eigenvalue weighted by Crippen LogP contribution is 2.57. The number of carbonyl (C=O) groups excluding carboxylic acids is 3. The van der Waals surface area contributed by atoms with Gasteiger partial charge in [0.05, 0.1) is 24.3 Å². The molecular weight excluding hydrogens is 468 g/mol. The number of esters is 1. The van der Waals surface area contributed by atoms with Crippen LogP contribution in [0.2, 0.25) is 5.02 Å². The molecule has 8 nitrogen and oxygen atoms in total. The molecule has 9 heteroatoms. The summed E-state index contributed by atoms with van der Waals surface area (Å²) < 4.78 is 4.88. The van der Waals surface area contributed by atoms with Gasteiger partial charge in [-0.1, -0.05) is 44.0 Å². The number of β-lactam (4-membered cyclic amide) rings is 1. The Balaban J connectivity index is 1.53. The lowest BCUT2D eigenvalue weighted by molar-refractivity contribution is -0.144. The average molecular weight is 499 g/mol. The maximum Gasteiger partial charge on any atom is 0.328 e. The number of nitrogens with zero attached hydrogens (tertiary/aromatic N) is 3. The van der Waals surface area contributed by atoms with E-state index in [0.29, 0.717) is 31.0 Å². The van der Waals surface area contributed by atoms with Crippen LogP contribution in [-0.4, -0.2) is 54.0 Å². The van der Waals surface area contributed by atoms with Gasteiger partial charge in [0.2, 0.25) is 5.91 Å². The highest BCUT2D eigenvalue weighted by molar-refractivity contribution is 6.31. The number of carbonyl (C=O) groups is 3. The number of amides is 3. The van der Waals surface area contributed by atoms with Crippen molar-refractivity contribution in [2.24, 2.45) is 11.3 Å². The highest BCUT2D eigenvalue weighted by Gasteiger charge is 2.62. The van der Waals surface area contributed by atoms with E-state index in [-0.39, 0.29) is 23.9 Å². The van der Waals surface area contributed by atoms with Crippen LogP contribution in [0.3, 0.4) is 0 Å². The Morgan fingerprint density at radius 2 is 1.97 bits per heavy atom. The standard InChI is InChI=1S/C26H31ClN4O4/c1-4-17(2)21(23(32)35-3)29-25(34)30-14-11-26(12-15-30)22(20-10-5-6-13-28-20)31(24(26)33)19-9-7-8-18(27)16-19/h5-10,13,16-17,21-22H,4,11-12,14-15H2,1-3H3,(H,29,34). The minimum atomic E-state index is -0.710. The number of piperidine rings is 1. The number of methoxy groups -OCH3 is 1. The van der Waals surface area contributed by atoms with Crippen LogP contribution in [0.5, 0.6) is 0 Å². The zero-order chi connectivity index (χ0) is 25.2. The first kappa shape index (κ1) is 25.0. The van der Waals surface area contributed by atoms with Gasteiger partial charge in [0.1, 0.15) is 6.04 Å². The molecule has 1 aromatic carbocycles. The molecule has 3 atom stereocenters. The number of benzene rings is 1. The third-order valence-corrected chi connectivity index (χ3v) is 7.61. The molecule has 3 unspecified atom stereocenters. The van der Waals surface area contributed by atoms with E-state index < -0.39 is 17.4 Å². The summed E-state index contributed by atoms with van der Waals surface area (Å²) in [5.74, 6) is -0.499. The zero-order valence-corrected chi connectivity index (χ0v) is 21.0. The van der Waals surface area contributed by atoms with Crippen molar-refractivity contribution in [1.29, 1.82) is 0 Å². The normalized spacial score (nSPS) is 20.7. The van der Waals surface area contributed by atoms with Crippen LogP contribution in [0.15, 0.2) is 48.7 Å². The van der Waals surface area contributed by atoms with Gasteiger partial charge in [-0.05, 0) is 49.1 Å². The summed E-state index contributed by atoms with van der Waals surface area (Å²) in [5, 5.41) is 3.40. The summed E-state index contributed by atoms with van der Waals surface area (Å²) in [6.07, 6.45) is 3.46. The Morgan fingerprint density at radius 1 is 1.23 bits per heavy atom. The third-order valence-electron chi connectivity index (χ3n) is 7.37. The largest absolute Gasteiger partial charge is 0.467 e. The fourth-order valence-corrected chi connectivity index (χ4v) is 5.30. The summed E-state index contributed by atoms with van der Waals surface area (Å²) >= 11 is 6.21. The van der Waals surface area contributed by atoms with Gasteiger partial charge in [0.15, 0.2) is 0 Å². The highest BCUT2D eigenvalue weighted by atomic mass is 35.5. The van der Waals surface area contributed by atoms with Crippen LogP contribution in [-0.2, 0) is 14.3 Å². The first-order chi connectivity index (χ1) is 16.8. The number of likely N-dealkylation sites (tertiary alicyclic amines) is 1. The van der Waals surface area contributed by atoms with Crippen LogP contribution in [0.25, 0.3) is 0 Å². The van der Waals surface area contributed by atoms with Gasteiger partial charge in [0, 0.05) is 30.0 Å². The number of hydrogen-bond acceptors (Lipinski definition) is 5. The molecule has 0 bridgehead atoms. The van der Waals surface area contributed by atoms with Crippen molar-refractivity contribution < 1.29 is 19.1 Å². The van der Waals surface area contributed by atoms with Gasteiger partial charge in [-0.3, -0.25) is 9.78 Å². The van der Waals surface area contributed by atoms with E-state index in [4.69, 9.17) is 16.3 Å². The van der Waals surface area contributed by atoms with Crippen molar-refractivity contribution >= 4 is 35.2 Å². The smallest absolute Gasteiger partial charge is 0.328 e. The first-order valence-corrected chi connectivity index (χ1v) is 12.3. The number of anilines is 1. The number of nitrogens with one attached hydrogen (secondary N) is 1. The second kappa shape index (κ2) is 10.2.